The third-order valence-electron chi connectivity index (χ3n) is 3.12. The van der Waals surface area contributed by atoms with Gasteiger partial charge in [-0.2, -0.15) is 0 Å². The molecule has 21 heavy (non-hydrogen) atoms. The summed E-state index contributed by atoms with van der Waals surface area (Å²) in [7, 11) is 0. The van der Waals surface area contributed by atoms with Gasteiger partial charge in [-0.25, -0.2) is 4.79 Å². The largest absolute Gasteiger partial charge is 0.412 e. The van der Waals surface area contributed by atoms with Gasteiger partial charge in [-0.3, -0.25) is 0 Å². The number of rotatable bonds is 10. The standard InChI is InChI=1S/C16H27N3O2/c1-3-13-19(4-2)14-12-17-10-11-18-16(20)21-15-8-6-5-7-9-15/h5-9,17H,3-4,10-14H2,1-2H3,(H,18,20). The summed E-state index contributed by atoms with van der Waals surface area (Å²) >= 11 is 0. The number of benzene rings is 1. The molecule has 0 saturated heterocycles. The van der Waals surface area contributed by atoms with Crippen LogP contribution in [0.1, 0.15) is 20.3 Å². The first-order chi connectivity index (χ1) is 10.3. The maximum absolute atomic E-state index is 11.5. The molecular weight excluding hydrogens is 266 g/mol. The van der Waals surface area contributed by atoms with Gasteiger partial charge in [-0.15, -0.1) is 0 Å². The highest BCUT2D eigenvalue weighted by molar-refractivity contribution is 5.70. The van der Waals surface area contributed by atoms with Crippen LogP contribution in [-0.2, 0) is 0 Å². The van der Waals surface area contributed by atoms with Crippen LogP contribution in [-0.4, -0.2) is 50.3 Å². The lowest BCUT2D eigenvalue weighted by Gasteiger charge is -2.19. The Morgan fingerprint density at radius 1 is 1.10 bits per heavy atom. The summed E-state index contributed by atoms with van der Waals surface area (Å²) in [6.45, 7) is 9.87. The quantitative estimate of drug-likeness (QED) is 0.649. The van der Waals surface area contributed by atoms with Crippen molar-refractivity contribution in [2.45, 2.75) is 20.3 Å². The topological polar surface area (TPSA) is 53.6 Å². The van der Waals surface area contributed by atoms with Gasteiger partial charge < -0.3 is 20.3 Å². The molecule has 0 aromatic heterocycles. The molecule has 1 rings (SSSR count). The van der Waals surface area contributed by atoms with E-state index in [4.69, 9.17) is 4.74 Å². The van der Waals surface area contributed by atoms with E-state index in [1.54, 1.807) is 12.1 Å². The molecule has 2 N–H and O–H groups in total. The number of carbonyl (C=O) groups excluding carboxylic acids is 1. The van der Waals surface area contributed by atoms with Crippen LogP contribution in [0.15, 0.2) is 30.3 Å². The fourth-order valence-corrected chi connectivity index (χ4v) is 1.99. The van der Waals surface area contributed by atoms with Gasteiger partial charge in [0.1, 0.15) is 5.75 Å². The first kappa shape index (κ1) is 17.5. The van der Waals surface area contributed by atoms with E-state index in [0.29, 0.717) is 12.3 Å². The second-order valence-electron chi connectivity index (χ2n) is 4.81. The van der Waals surface area contributed by atoms with E-state index in [1.807, 2.05) is 18.2 Å². The van der Waals surface area contributed by atoms with Crippen molar-refractivity contribution < 1.29 is 9.53 Å². The number of likely N-dealkylation sites (N-methyl/N-ethyl adjacent to an activating group) is 1. The Morgan fingerprint density at radius 3 is 2.52 bits per heavy atom. The van der Waals surface area contributed by atoms with Gasteiger partial charge in [0.15, 0.2) is 0 Å². The van der Waals surface area contributed by atoms with Crippen LogP contribution in [0.2, 0.25) is 0 Å². The van der Waals surface area contributed by atoms with Gasteiger partial charge in [0, 0.05) is 26.2 Å². The van der Waals surface area contributed by atoms with Crippen LogP contribution in [0, 0.1) is 0 Å². The first-order valence-electron chi connectivity index (χ1n) is 7.70. The van der Waals surface area contributed by atoms with Gasteiger partial charge >= 0.3 is 6.09 Å². The molecule has 0 aliphatic heterocycles. The zero-order valence-electron chi connectivity index (χ0n) is 13.1. The molecule has 1 amide bonds. The van der Waals surface area contributed by atoms with Crippen molar-refractivity contribution in [3.8, 4) is 5.75 Å². The summed E-state index contributed by atoms with van der Waals surface area (Å²) in [6.07, 6.45) is 0.768. The molecule has 0 saturated carbocycles. The smallest absolute Gasteiger partial charge is 0.410 e. The molecule has 0 spiro atoms. The number of hydrogen-bond donors (Lipinski definition) is 2. The Labute approximate surface area is 127 Å². The average Bonchev–Trinajstić information content (AvgIpc) is 2.50. The molecule has 0 aliphatic rings. The predicted molar refractivity (Wildman–Crippen MR) is 85.7 cm³/mol. The number of ether oxygens (including phenoxy) is 1. The Hall–Kier alpha value is -1.59. The molecule has 0 bridgehead atoms. The maximum atomic E-state index is 11.5. The van der Waals surface area contributed by atoms with Crippen LogP contribution in [0.3, 0.4) is 0 Å². The fourth-order valence-electron chi connectivity index (χ4n) is 1.99. The molecule has 0 aliphatic carbocycles. The third-order valence-corrected chi connectivity index (χ3v) is 3.12. The molecule has 0 radical (unpaired) electrons. The Morgan fingerprint density at radius 2 is 1.86 bits per heavy atom. The Bertz CT molecular complexity index is 384. The number of nitrogens with one attached hydrogen (secondary N) is 2. The summed E-state index contributed by atoms with van der Waals surface area (Å²) in [4.78, 5) is 13.9. The van der Waals surface area contributed by atoms with E-state index in [1.165, 1.54) is 6.42 Å². The summed E-state index contributed by atoms with van der Waals surface area (Å²) in [5.74, 6) is 0.557. The minimum Gasteiger partial charge on any atom is -0.410 e. The van der Waals surface area contributed by atoms with Crippen LogP contribution < -0.4 is 15.4 Å². The molecule has 0 heterocycles. The van der Waals surface area contributed by atoms with Gasteiger partial charge in [-0.1, -0.05) is 32.0 Å². The molecule has 5 heteroatoms. The highest BCUT2D eigenvalue weighted by Crippen LogP contribution is 2.07. The summed E-state index contributed by atoms with van der Waals surface area (Å²) < 4.78 is 5.12. The minimum atomic E-state index is -0.413. The summed E-state index contributed by atoms with van der Waals surface area (Å²) in [5.41, 5.74) is 0. The lowest BCUT2D eigenvalue weighted by molar-refractivity contribution is 0.200. The van der Waals surface area contributed by atoms with Gasteiger partial charge in [0.2, 0.25) is 0 Å². The second kappa shape index (κ2) is 11.1. The number of carbonyl (C=O) groups is 1. The normalized spacial score (nSPS) is 10.6. The van der Waals surface area contributed by atoms with Gasteiger partial charge in [0.25, 0.3) is 0 Å². The van der Waals surface area contributed by atoms with Crippen LogP contribution in [0.5, 0.6) is 5.75 Å². The van der Waals surface area contributed by atoms with Crippen molar-refractivity contribution in [3.05, 3.63) is 30.3 Å². The van der Waals surface area contributed by atoms with Crippen LogP contribution in [0.4, 0.5) is 4.79 Å². The monoisotopic (exact) mass is 293 g/mol. The first-order valence-corrected chi connectivity index (χ1v) is 7.70. The summed E-state index contributed by atoms with van der Waals surface area (Å²) in [5, 5.41) is 6.04. The van der Waals surface area contributed by atoms with E-state index in [-0.39, 0.29) is 0 Å². The van der Waals surface area contributed by atoms with Gasteiger partial charge in [0.05, 0.1) is 0 Å². The lowest BCUT2D eigenvalue weighted by atomic mass is 10.3. The fraction of sp³-hybridized carbons (Fsp3) is 0.562. The number of nitrogens with zero attached hydrogens (tertiary/aromatic N) is 1. The van der Waals surface area contributed by atoms with Crippen LogP contribution in [0.25, 0.3) is 0 Å². The van der Waals surface area contributed by atoms with E-state index >= 15 is 0 Å². The minimum absolute atomic E-state index is 0.413. The highest BCUT2D eigenvalue weighted by atomic mass is 16.5. The summed E-state index contributed by atoms with van der Waals surface area (Å²) in [6, 6.07) is 9.06. The number of hydrogen-bond acceptors (Lipinski definition) is 4. The molecule has 1 aromatic rings. The van der Waals surface area contributed by atoms with E-state index in [0.717, 1.165) is 32.7 Å². The van der Waals surface area contributed by atoms with Crippen molar-refractivity contribution in [1.29, 1.82) is 0 Å². The lowest BCUT2D eigenvalue weighted by Crippen LogP contribution is -2.37. The number of amides is 1. The van der Waals surface area contributed by atoms with Crippen LogP contribution >= 0.6 is 0 Å². The van der Waals surface area contributed by atoms with Crippen molar-refractivity contribution >= 4 is 6.09 Å². The second-order valence-corrected chi connectivity index (χ2v) is 4.81. The van der Waals surface area contributed by atoms with Crippen molar-refractivity contribution in [2.75, 3.05) is 39.3 Å². The molecule has 5 nitrogen and oxygen atoms in total. The maximum Gasteiger partial charge on any atom is 0.412 e. The Kier molecular flexibility index (Phi) is 9.24. The molecule has 1 aromatic carbocycles. The molecule has 0 atom stereocenters. The predicted octanol–water partition coefficient (Wildman–Crippen LogP) is 2.10. The molecule has 0 unspecified atom stereocenters. The van der Waals surface area contributed by atoms with Gasteiger partial charge in [-0.05, 0) is 31.6 Å². The average molecular weight is 293 g/mol. The highest BCUT2D eigenvalue weighted by Gasteiger charge is 2.03. The van der Waals surface area contributed by atoms with Crippen molar-refractivity contribution in [2.24, 2.45) is 0 Å². The molecule has 118 valence electrons. The van der Waals surface area contributed by atoms with E-state index in [2.05, 4.69) is 29.4 Å². The zero-order chi connectivity index (χ0) is 15.3. The van der Waals surface area contributed by atoms with Crippen molar-refractivity contribution in [3.63, 3.8) is 0 Å². The molecular formula is C16H27N3O2. The number of para-hydroxylation sites is 1. The third kappa shape index (κ3) is 8.32. The molecule has 0 fully saturated rings. The SMILES string of the molecule is CCCN(CC)CCNCCNC(=O)Oc1ccccc1. The Balaban J connectivity index is 2.02. The zero-order valence-corrected chi connectivity index (χ0v) is 13.1. The van der Waals surface area contributed by atoms with E-state index in [9.17, 15) is 4.79 Å². The van der Waals surface area contributed by atoms with E-state index < -0.39 is 6.09 Å². The van der Waals surface area contributed by atoms with Crippen molar-refractivity contribution in [1.82, 2.24) is 15.5 Å².